The molecule has 2 aromatic rings. The molecule has 112 valence electrons. The standard InChI is InChI=1S/C18H25N3/c1-5-14(6-2)17-15-10-11-19-18(15)21(20-17)16-9-7-8-12(3)13(16)4/h7-9,14,19H,5-6,10-11H2,1-4H3. The van der Waals surface area contributed by atoms with Crippen LogP contribution in [0.2, 0.25) is 0 Å². The summed E-state index contributed by atoms with van der Waals surface area (Å²) in [5.74, 6) is 1.79. The normalized spacial score (nSPS) is 13.6. The van der Waals surface area contributed by atoms with Gasteiger partial charge in [-0.1, -0.05) is 26.0 Å². The first-order valence-corrected chi connectivity index (χ1v) is 8.09. The van der Waals surface area contributed by atoms with E-state index in [0.717, 1.165) is 25.8 Å². The zero-order valence-corrected chi connectivity index (χ0v) is 13.5. The van der Waals surface area contributed by atoms with Crippen LogP contribution >= 0.6 is 0 Å². The Kier molecular flexibility index (Phi) is 3.75. The molecule has 1 aromatic carbocycles. The molecule has 0 bridgehead atoms. The SMILES string of the molecule is CCC(CC)c1nn(-c2cccc(C)c2C)c2c1CCN2. The summed E-state index contributed by atoms with van der Waals surface area (Å²) < 4.78 is 2.14. The third-order valence-electron chi connectivity index (χ3n) is 4.86. The van der Waals surface area contributed by atoms with E-state index < -0.39 is 0 Å². The van der Waals surface area contributed by atoms with Gasteiger partial charge in [0.2, 0.25) is 0 Å². The molecule has 0 amide bonds. The van der Waals surface area contributed by atoms with E-state index in [1.165, 1.54) is 33.9 Å². The Morgan fingerprint density at radius 3 is 2.71 bits per heavy atom. The van der Waals surface area contributed by atoms with Crippen LogP contribution in [0, 0.1) is 13.8 Å². The van der Waals surface area contributed by atoms with Crippen molar-refractivity contribution in [1.29, 1.82) is 0 Å². The van der Waals surface area contributed by atoms with Gasteiger partial charge in [-0.15, -0.1) is 0 Å². The number of nitrogens with one attached hydrogen (secondary N) is 1. The van der Waals surface area contributed by atoms with Gasteiger partial charge >= 0.3 is 0 Å². The van der Waals surface area contributed by atoms with E-state index in [0.29, 0.717) is 5.92 Å². The molecular formula is C18H25N3. The molecule has 1 aliphatic rings. The monoisotopic (exact) mass is 283 g/mol. The second-order valence-electron chi connectivity index (χ2n) is 6.03. The van der Waals surface area contributed by atoms with Gasteiger partial charge in [0.05, 0.1) is 11.4 Å². The molecule has 0 spiro atoms. The molecule has 3 heteroatoms. The maximum absolute atomic E-state index is 5.00. The Balaban J connectivity index is 2.16. The minimum absolute atomic E-state index is 0.574. The highest BCUT2D eigenvalue weighted by Gasteiger charge is 2.26. The lowest BCUT2D eigenvalue weighted by atomic mass is 9.96. The summed E-state index contributed by atoms with van der Waals surface area (Å²) in [6, 6.07) is 6.46. The third kappa shape index (κ3) is 2.25. The summed E-state index contributed by atoms with van der Waals surface area (Å²) in [6.45, 7) is 9.91. The Labute approximate surface area is 127 Å². The smallest absolute Gasteiger partial charge is 0.133 e. The van der Waals surface area contributed by atoms with Crippen molar-refractivity contribution in [1.82, 2.24) is 9.78 Å². The van der Waals surface area contributed by atoms with Gasteiger partial charge in [-0.05, 0) is 50.3 Å². The minimum Gasteiger partial charge on any atom is -0.369 e. The predicted molar refractivity (Wildman–Crippen MR) is 88.6 cm³/mol. The highest BCUT2D eigenvalue weighted by Crippen LogP contribution is 2.35. The first-order chi connectivity index (χ1) is 10.2. The van der Waals surface area contributed by atoms with Crippen molar-refractivity contribution in [3.8, 4) is 5.69 Å². The number of benzene rings is 1. The highest BCUT2D eigenvalue weighted by atomic mass is 15.3. The average Bonchev–Trinajstić information content (AvgIpc) is 3.07. The molecule has 0 saturated carbocycles. The van der Waals surface area contributed by atoms with Crippen molar-refractivity contribution >= 4 is 5.82 Å². The highest BCUT2D eigenvalue weighted by molar-refractivity contribution is 5.59. The molecule has 0 atom stereocenters. The van der Waals surface area contributed by atoms with E-state index in [-0.39, 0.29) is 0 Å². The molecule has 0 fully saturated rings. The van der Waals surface area contributed by atoms with Gasteiger partial charge in [-0.3, -0.25) is 0 Å². The van der Waals surface area contributed by atoms with Crippen LogP contribution in [-0.4, -0.2) is 16.3 Å². The average molecular weight is 283 g/mol. The van der Waals surface area contributed by atoms with E-state index in [2.05, 4.69) is 55.9 Å². The quantitative estimate of drug-likeness (QED) is 0.903. The second-order valence-corrected chi connectivity index (χ2v) is 6.03. The van der Waals surface area contributed by atoms with Gasteiger partial charge in [-0.2, -0.15) is 5.10 Å². The molecule has 21 heavy (non-hydrogen) atoms. The van der Waals surface area contributed by atoms with E-state index in [1.54, 1.807) is 0 Å². The topological polar surface area (TPSA) is 29.9 Å². The summed E-state index contributed by atoms with van der Waals surface area (Å²) in [6.07, 6.45) is 3.42. The van der Waals surface area contributed by atoms with Crippen molar-refractivity contribution in [3.05, 3.63) is 40.6 Å². The predicted octanol–water partition coefficient (Wildman–Crippen LogP) is 4.36. The lowest BCUT2D eigenvalue weighted by molar-refractivity contribution is 0.607. The van der Waals surface area contributed by atoms with E-state index >= 15 is 0 Å². The van der Waals surface area contributed by atoms with Crippen molar-refractivity contribution in [2.24, 2.45) is 0 Å². The molecule has 0 aliphatic carbocycles. The lowest BCUT2D eigenvalue weighted by Crippen LogP contribution is -2.08. The van der Waals surface area contributed by atoms with Crippen LogP contribution in [0.15, 0.2) is 18.2 Å². The summed E-state index contributed by atoms with van der Waals surface area (Å²) in [5, 5.41) is 8.54. The van der Waals surface area contributed by atoms with Crippen LogP contribution in [0.3, 0.4) is 0 Å². The van der Waals surface area contributed by atoms with Crippen molar-refractivity contribution in [2.45, 2.75) is 52.9 Å². The van der Waals surface area contributed by atoms with Gasteiger partial charge in [0, 0.05) is 18.0 Å². The van der Waals surface area contributed by atoms with E-state index in [1.807, 2.05) is 0 Å². The van der Waals surface area contributed by atoms with Crippen molar-refractivity contribution in [3.63, 3.8) is 0 Å². The Morgan fingerprint density at radius 1 is 1.24 bits per heavy atom. The molecule has 1 N–H and O–H groups in total. The van der Waals surface area contributed by atoms with E-state index in [4.69, 9.17) is 5.10 Å². The fourth-order valence-corrected chi connectivity index (χ4v) is 3.34. The molecule has 1 aliphatic heterocycles. The number of aromatic nitrogens is 2. The minimum atomic E-state index is 0.574. The van der Waals surface area contributed by atoms with Gasteiger partial charge in [0.1, 0.15) is 5.82 Å². The Bertz CT molecular complexity index is 651. The Hall–Kier alpha value is -1.77. The molecule has 0 unspecified atom stereocenters. The van der Waals surface area contributed by atoms with E-state index in [9.17, 15) is 0 Å². The molecule has 3 nitrogen and oxygen atoms in total. The number of nitrogens with zero attached hydrogens (tertiary/aromatic N) is 2. The zero-order chi connectivity index (χ0) is 15.0. The van der Waals surface area contributed by atoms with Crippen LogP contribution in [0.5, 0.6) is 0 Å². The number of aryl methyl sites for hydroxylation is 1. The fraction of sp³-hybridized carbons (Fsp3) is 0.500. The van der Waals surface area contributed by atoms with Crippen LogP contribution in [0.1, 0.15) is 55.0 Å². The number of rotatable bonds is 4. The zero-order valence-electron chi connectivity index (χ0n) is 13.5. The molecule has 3 rings (SSSR count). The molecule has 0 saturated heterocycles. The maximum atomic E-state index is 5.00. The van der Waals surface area contributed by atoms with Gasteiger partial charge < -0.3 is 5.32 Å². The number of fused-ring (bicyclic) bond motifs is 1. The van der Waals surface area contributed by atoms with Crippen LogP contribution in [-0.2, 0) is 6.42 Å². The lowest BCUT2D eigenvalue weighted by Gasteiger charge is -2.12. The van der Waals surface area contributed by atoms with Gasteiger partial charge in [-0.25, -0.2) is 4.68 Å². The van der Waals surface area contributed by atoms with Crippen molar-refractivity contribution < 1.29 is 0 Å². The van der Waals surface area contributed by atoms with Crippen LogP contribution in [0.4, 0.5) is 5.82 Å². The first kappa shape index (κ1) is 14.2. The molecule has 2 heterocycles. The molecule has 1 aromatic heterocycles. The summed E-state index contributed by atoms with van der Waals surface area (Å²) >= 11 is 0. The van der Waals surface area contributed by atoms with Crippen molar-refractivity contribution in [2.75, 3.05) is 11.9 Å². The third-order valence-corrected chi connectivity index (χ3v) is 4.86. The largest absolute Gasteiger partial charge is 0.369 e. The molecule has 0 radical (unpaired) electrons. The van der Waals surface area contributed by atoms with Crippen LogP contribution in [0.25, 0.3) is 5.69 Å². The summed E-state index contributed by atoms with van der Waals surface area (Å²) in [4.78, 5) is 0. The number of hydrogen-bond acceptors (Lipinski definition) is 2. The maximum Gasteiger partial charge on any atom is 0.133 e. The van der Waals surface area contributed by atoms with Gasteiger partial charge in [0.25, 0.3) is 0 Å². The molecular weight excluding hydrogens is 258 g/mol. The fourth-order valence-electron chi connectivity index (χ4n) is 3.34. The first-order valence-electron chi connectivity index (χ1n) is 8.09. The second kappa shape index (κ2) is 5.55. The number of hydrogen-bond donors (Lipinski definition) is 1. The number of anilines is 1. The van der Waals surface area contributed by atoms with Gasteiger partial charge in [0.15, 0.2) is 0 Å². The Morgan fingerprint density at radius 2 is 2.00 bits per heavy atom. The summed E-state index contributed by atoms with van der Waals surface area (Å²) in [5.41, 5.74) is 6.58. The summed E-state index contributed by atoms with van der Waals surface area (Å²) in [7, 11) is 0. The van der Waals surface area contributed by atoms with Crippen LogP contribution < -0.4 is 5.32 Å².